The number of carbonyl (C=O) groups is 1. The third-order valence-electron chi connectivity index (χ3n) is 7.02. The highest BCUT2D eigenvalue weighted by atomic mass is 16.6. The van der Waals surface area contributed by atoms with Crippen molar-refractivity contribution in [3.8, 4) is 5.75 Å². The fourth-order valence-corrected chi connectivity index (χ4v) is 4.84. The van der Waals surface area contributed by atoms with Crippen LogP contribution in [0.4, 0.5) is 0 Å². The number of aliphatic carboxylic acids is 1. The van der Waals surface area contributed by atoms with E-state index in [9.17, 15) is 9.90 Å². The molecule has 170 valence electrons. The van der Waals surface area contributed by atoms with Gasteiger partial charge in [-0.05, 0) is 64.1 Å². The molecule has 2 atom stereocenters. The molecule has 32 heavy (non-hydrogen) atoms. The summed E-state index contributed by atoms with van der Waals surface area (Å²) in [5.41, 5.74) is 8.22. The van der Waals surface area contributed by atoms with E-state index >= 15 is 0 Å². The summed E-state index contributed by atoms with van der Waals surface area (Å²) in [6.45, 7) is 9.83. The Morgan fingerprint density at radius 1 is 1.09 bits per heavy atom. The average molecular weight is 436 g/mol. The first-order chi connectivity index (χ1) is 15.2. The van der Waals surface area contributed by atoms with Gasteiger partial charge in [0.1, 0.15) is 18.6 Å². The molecule has 0 fully saturated rings. The zero-order valence-electron chi connectivity index (χ0n) is 19.4. The zero-order valence-corrected chi connectivity index (χ0v) is 19.4. The Bertz CT molecular complexity index is 1010. The minimum Gasteiger partial charge on any atom is -0.489 e. The summed E-state index contributed by atoms with van der Waals surface area (Å²) < 4.78 is 6.07. The largest absolute Gasteiger partial charge is 0.489 e. The molecule has 2 N–H and O–H groups in total. The Balaban J connectivity index is 1.47. The number of carboxylic acid groups (broad SMARTS) is 1. The number of hydrogen-bond acceptors (Lipinski definition) is 4. The molecule has 0 aromatic heterocycles. The van der Waals surface area contributed by atoms with Gasteiger partial charge in [-0.2, -0.15) is 0 Å². The molecule has 2 aromatic rings. The highest BCUT2D eigenvalue weighted by Gasteiger charge is 2.36. The summed E-state index contributed by atoms with van der Waals surface area (Å²) in [7, 11) is 0. The van der Waals surface area contributed by atoms with Gasteiger partial charge >= 0.3 is 5.97 Å². The summed E-state index contributed by atoms with van der Waals surface area (Å²) in [5.74, 6) is -0.284. The van der Waals surface area contributed by atoms with Crippen LogP contribution < -0.4 is 10.2 Å². The number of hydroxylamine groups is 1. The van der Waals surface area contributed by atoms with Crippen molar-refractivity contribution in [2.75, 3.05) is 0 Å². The number of carboxylic acids is 1. The third-order valence-corrected chi connectivity index (χ3v) is 7.02. The molecule has 5 nitrogen and oxygen atoms in total. The first-order valence-electron chi connectivity index (χ1n) is 11.3. The Morgan fingerprint density at radius 3 is 2.41 bits per heavy atom. The molecule has 1 heterocycles. The highest BCUT2D eigenvalue weighted by molar-refractivity contribution is 5.68. The molecule has 0 amide bonds. The van der Waals surface area contributed by atoms with E-state index in [1.807, 2.05) is 30.3 Å². The molecule has 2 unspecified atom stereocenters. The molecule has 0 spiro atoms. The molecule has 2 aliphatic rings. The first-order valence-corrected chi connectivity index (χ1v) is 11.3. The standard InChI is InChI=1S/C27H33NO4/c1-26(2)12-13-27(3,4)23-15-18(5-10-22(23)26)17-31-20-8-6-19(7-9-20)21(16-25(29)30)24-11-14-32-28-24/h5-11,14-15,21,24,28H,12-13,16-17H2,1-4H3,(H,29,30). The summed E-state index contributed by atoms with van der Waals surface area (Å²) in [6.07, 6.45) is 5.81. The molecule has 2 aromatic carbocycles. The van der Waals surface area contributed by atoms with Crippen LogP contribution in [0.2, 0.25) is 0 Å². The van der Waals surface area contributed by atoms with E-state index in [0.29, 0.717) is 6.61 Å². The van der Waals surface area contributed by atoms with Gasteiger partial charge in [-0.1, -0.05) is 58.0 Å². The molecule has 1 aliphatic heterocycles. The van der Waals surface area contributed by atoms with E-state index in [4.69, 9.17) is 9.57 Å². The molecule has 0 saturated heterocycles. The van der Waals surface area contributed by atoms with Crippen molar-refractivity contribution in [2.24, 2.45) is 0 Å². The number of hydrogen-bond donors (Lipinski definition) is 2. The van der Waals surface area contributed by atoms with Crippen LogP contribution in [0.1, 0.15) is 75.1 Å². The van der Waals surface area contributed by atoms with E-state index in [2.05, 4.69) is 51.4 Å². The molecular weight excluding hydrogens is 402 g/mol. The number of benzene rings is 2. The second-order valence-electron chi connectivity index (χ2n) is 10.3. The Morgan fingerprint density at radius 2 is 1.78 bits per heavy atom. The molecule has 0 radical (unpaired) electrons. The minimum atomic E-state index is -0.837. The number of fused-ring (bicyclic) bond motifs is 1. The highest BCUT2D eigenvalue weighted by Crippen LogP contribution is 2.46. The fraction of sp³-hybridized carbons (Fsp3) is 0.444. The Hall–Kier alpha value is -2.79. The summed E-state index contributed by atoms with van der Waals surface area (Å²) in [5, 5.41) is 9.31. The average Bonchev–Trinajstić information content (AvgIpc) is 3.29. The van der Waals surface area contributed by atoms with Crippen LogP contribution in [0.5, 0.6) is 5.75 Å². The van der Waals surface area contributed by atoms with Gasteiger partial charge in [0, 0.05) is 5.92 Å². The summed E-state index contributed by atoms with van der Waals surface area (Å²) in [4.78, 5) is 16.4. The van der Waals surface area contributed by atoms with E-state index in [-0.39, 0.29) is 29.2 Å². The molecule has 0 saturated carbocycles. The molecule has 5 heteroatoms. The third kappa shape index (κ3) is 4.68. The predicted octanol–water partition coefficient (Wildman–Crippen LogP) is 5.59. The second-order valence-corrected chi connectivity index (χ2v) is 10.3. The first kappa shape index (κ1) is 22.4. The van der Waals surface area contributed by atoms with Gasteiger partial charge in [0.2, 0.25) is 0 Å². The van der Waals surface area contributed by atoms with Crippen LogP contribution in [-0.4, -0.2) is 17.1 Å². The van der Waals surface area contributed by atoms with Crippen molar-refractivity contribution in [3.05, 3.63) is 77.1 Å². The van der Waals surface area contributed by atoms with Crippen LogP contribution in [0.25, 0.3) is 0 Å². The number of nitrogens with one attached hydrogen (secondary N) is 1. The fourth-order valence-electron chi connectivity index (χ4n) is 4.84. The molecular formula is C27H33NO4. The zero-order chi connectivity index (χ0) is 22.9. The van der Waals surface area contributed by atoms with Crippen molar-refractivity contribution in [3.63, 3.8) is 0 Å². The summed E-state index contributed by atoms with van der Waals surface area (Å²) in [6, 6.07) is 14.3. The van der Waals surface area contributed by atoms with Gasteiger partial charge < -0.3 is 14.7 Å². The lowest BCUT2D eigenvalue weighted by Crippen LogP contribution is -2.33. The van der Waals surface area contributed by atoms with Gasteiger partial charge in [0.15, 0.2) is 0 Å². The number of ether oxygens (including phenoxy) is 1. The molecule has 4 rings (SSSR count). The van der Waals surface area contributed by atoms with Crippen molar-refractivity contribution < 1.29 is 19.5 Å². The summed E-state index contributed by atoms with van der Waals surface area (Å²) >= 11 is 0. The normalized spacial score (nSPS) is 21.4. The topological polar surface area (TPSA) is 67.8 Å². The van der Waals surface area contributed by atoms with E-state index in [1.54, 1.807) is 6.26 Å². The maximum atomic E-state index is 11.3. The van der Waals surface area contributed by atoms with E-state index < -0.39 is 5.97 Å². The van der Waals surface area contributed by atoms with Gasteiger partial charge in [-0.25, -0.2) is 0 Å². The van der Waals surface area contributed by atoms with Gasteiger partial charge in [-0.3, -0.25) is 4.79 Å². The number of rotatable bonds is 7. The molecule has 1 aliphatic carbocycles. The monoisotopic (exact) mass is 435 g/mol. The van der Waals surface area contributed by atoms with E-state index in [1.165, 1.54) is 29.5 Å². The predicted molar refractivity (Wildman–Crippen MR) is 125 cm³/mol. The smallest absolute Gasteiger partial charge is 0.304 e. The van der Waals surface area contributed by atoms with Crippen molar-refractivity contribution >= 4 is 5.97 Å². The lowest BCUT2D eigenvalue weighted by atomic mass is 9.63. The lowest BCUT2D eigenvalue weighted by Gasteiger charge is -2.42. The SMILES string of the molecule is CC1(C)CCC(C)(C)c2cc(COc3ccc(C(CC(=O)O)C4C=CON4)cc3)ccc21. The van der Waals surface area contributed by atoms with E-state index in [0.717, 1.165) is 11.3 Å². The minimum absolute atomic E-state index is 0.0207. The van der Waals surface area contributed by atoms with Gasteiger partial charge in [0.05, 0.1) is 12.5 Å². The lowest BCUT2D eigenvalue weighted by molar-refractivity contribution is -0.137. The Labute approximate surface area is 190 Å². The van der Waals surface area contributed by atoms with Crippen LogP contribution in [0.3, 0.4) is 0 Å². The van der Waals surface area contributed by atoms with Crippen LogP contribution in [-0.2, 0) is 27.1 Å². The maximum absolute atomic E-state index is 11.3. The van der Waals surface area contributed by atoms with Crippen molar-refractivity contribution in [2.45, 2.75) is 76.4 Å². The quantitative estimate of drug-likeness (QED) is 0.593. The molecule has 0 bridgehead atoms. The van der Waals surface area contributed by atoms with Crippen LogP contribution >= 0.6 is 0 Å². The van der Waals surface area contributed by atoms with Crippen LogP contribution in [0, 0.1) is 0 Å². The Kier molecular flexibility index (Phi) is 6.04. The second kappa shape index (κ2) is 8.62. The maximum Gasteiger partial charge on any atom is 0.304 e. The van der Waals surface area contributed by atoms with Crippen molar-refractivity contribution in [1.29, 1.82) is 0 Å². The van der Waals surface area contributed by atoms with Gasteiger partial charge in [-0.15, -0.1) is 5.48 Å². The van der Waals surface area contributed by atoms with Crippen LogP contribution in [0.15, 0.2) is 54.8 Å². The van der Waals surface area contributed by atoms with Crippen molar-refractivity contribution in [1.82, 2.24) is 5.48 Å². The van der Waals surface area contributed by atoms with Gasteiger partial charge in [0.25, 0.3) is 0 Å².